The molecule has 0 atom stereocenters. The second-order valence-corrected chi connectivity index (χ2v) is 3.63. The maximum Gasteiger partial charge on any atom is 0.330 e. The third kappa shape index (κ3) is 2.01. The number of ether oxygens (including phenoxy) is 1. The molecule has 2 N–H and O–H groups in total. The number of nitrogens with one attached hydrogen (secondary N) is 2. The average molecular weight is 238 g/mol. The first-order chi connectivity index (χ1) is 8.17. The molecule has 0 fully saturated rings. The van der Waals surface area contributed by atoms with E-state index in [0.29, 0.717) is 36.6 Å². The van der Waals surface area contributed by atoms with Crippen molar-refractivity contribution in [1.29, 1.82) is 0 Å². The number of hydrogen-bond acceptors (Lipinski definition) is 4. The predicted molar refractivity (Wildman–Crippen MR) is 62.2 cm³/mol. The number of fused-ring (bicyclic) bond motifs is 1. The minimum Gasteiger partial charge on any atom is -0.384 e. The highest BCUT2D eigenvalue weighted by Gasteiger charge is 2.11. The summed E-state index contributed by atoms with van der Waals surface area (Å²) in [7, 11) is 1.59. The van der Waals surface area contributed by atoms with Gasteiger partial charge in [-0.15, -0.1) is 0 Å². The second kappa shape index (κ2) is 4.54. The van der Waals surface area contributed by atoms with Gasteiger partial charge in [0.05, 0.1) is 6.61 Å². The van der Waals surface area contributed by atoms with E-state index in [0.717, 1.165) is 0 Å². The maximum atomic E-state index is 11.6. The predicted octanol–water partition coefficient (Wildman–Crippen LogP) is -0.378. The zero-order valence-corrected chi connectivity index (χ0v) is 9.74. The first-order valence-corrected chi connectivity index (χ1v) is 5.38. The summed E-state index contributed by atoms with van der Waals surface area (Å²) >= 11 is 0. The standard InChI is InChI=1S/C10H14N4O3/c1-3-14-8-7(9(15)13-10(14)16)11-6(12-8)4-5-17-2/h3-5H2,1-2H3,(H,11,12)(H,13,15,16). The molecule has 0 radical (unpaired) electrons. The van der Waals surface area contributed by atoms with Crippen molar-refractivity contribution < 1.29 is 4.74 Å². The summed E-state index contributed by atoms with van der Waals surface area (Å²) in [6.07, 6.45) is 0.572. The molecule has 0 bridgehead atoms. The van der Waals surface area contributed by atoms with E-state index >= 15 is 0 Å². The van der Waals surface area contributed by atoms with Crippen LogP contribution in [-0.4, -0.2) is 33.2 Å². The van der Waals surface area contributed by atoms with E-state index < -0.39 is 11.2 Å². The molecule has 0 spiro atoms. The van der Waals surface area contributed by atoms with Gasteiger partial charge < -0.3 is 9.72 Å². The molecule has 2 rings (SSSR count). The van der Waals surface area contributed by atoms with Crippen LogP contribution >= 0.6 is 0 Å². The zero-order chi connectivity index (χ0) is 12.4. The fourth-order valence-electron chi connectivity index (χ4n) is 1.70. The van der Waals surface area contributed by atoms with Gasteiger partial charge in [-0.3, -0.25) is 14.3 Å². The van der Waals surface area contributed by atoms with Crippen LogP contribution in [0.4, 0.5) is 0 Å². The number of aromatic amines is 2. The summed E-state index contributed by atoms with van der Waals surface area (Å²) in [6, 6.07) is 0. The fourth-order valence-corrected chi connectivity index (χ4v) is 1.70. The van der Waals surface area contributed by atoms with Crippen molar-refractivity contribution >= 4 is 11.2 Å². The average Bonchev–Trinajstić information content (AvgIpc) is 2.71. The van der Waals surface area contributed by atoms with Gasteiger partial charge in [0.25, 0.3) is 5.56 Å². The van der Waals surface area contributed by atoms with Crippen molar-refractivity contribution in [2.24, 2.45) is 0 Å². The highest BCUT2D eigenvalue weighted by atomic mass is 16.5. The zero-order valence-electron chi connectivity index (χ0n) is 9.74. The molecule has 0 amide bonds. The largest absolute Gasteiger partial charge is 0.384 e. The van der Waals surface area contributed by atoms with Crippen molar-refractivity contribution in [3.05, 3.63) is 26.7 Å². The molecule has 17 heavy (non-hydrogen) atoms. The molecule has 92 valence electrons. The number of methoxy groups -OCH3 is 1. The smallest absolute Gasteiger partial charge is 0.330 e. The van der Waals surface area contributed by atoms with Crippen molar-refractivity contribution in [1.82, 2.24) is 19.5 Å². The molecular weight excluding hydrogens is 224 g/mol. The Kier molecular flexibility index (Phi) is 3.10. The van der Waals surface area contributed by atoms with Crippen molar-refractivity contribution in [3.63, 3.8) is 0 Å². The number of H-pyrrole nitrogens is 2. The van der Waals surface area contributed by atoms with E-state index in [2.05, 4.69) is 15.0 Å². The van der Waals surface area contributed by atoms with Crippen LogP contribution in [0.3, 0.4) is 0 Å². The number of aryl methyl sites for hydroxylation is 1. The quantitative estimate of drug-likeness (QED) is 0.759. The van der Waals surface area contributed by atoms with Crippen LogP contribution in [0.2, 0.25) is 0 Å². The Bertz CT molecular complexity index is 637. The molecular formula is C10H14N4O3. The Morgan fingerprint density at radius 2 is 2.12 bits per heavy atom. The lowest BCUT2D eigenvalue weighted by Crippen LogP contribution is -2.29. The van der Waals surface area contributed by atoms with Gasteiger partial charge in [-0.1, -0.05) is 0 Å². The molecule has 2 aromatic rings. The van der Waals surface area contributed by atoms with E-state index in [1.165, 1.54) is 4.57 Å². The van der Waals surface area contributed by atoms with Gasteiger partial charge >= 0.3 is 5.69 Å². The second-order valence-electron chi connectivity index (χ2n) is 3.63. The minimum absolute atomic E-state index is 0.331. The highest BCUT2D eigenvalue weighted by molar-refractivity contribution is 5.69. The Morgan fingerprint density at radius 1 is 1.35 bits per heavy atom. The van der Waals surface area contributed by atoms with Crippen LogP contribution < -0.4 is 11.2 Å². The summed E-state index contributed by atoms with van der Waals surface area (Å²) in [4.78, 5) is 32.5. The summed E-state index contributed by atoms with van der Waals surface area (Å²) in [5, 5.41) is 0. The van der Waals surface area contributed by atoms with Crippen LogP contribution in [0.5, 0.6) is 0 Å². The van der Waals surface area contributed by atoms with Crippen molar-refractivity contribution in [2.45, 2.75) is 19.9 Å². The van der Waals surface area contributed by atoms with E-state index in [1.54, 1.807) is 7.11 Å². The number of rotatable bonds is 4. The SMILES string of the molecule is CCn1c(=O)[nH]c(=O)c2[nH]c(CCOC)nc21. The van der Waals surface area contributed by atoms with Gasteiger partial charge in [-0.2, -0.15) is 0 Å². The van der Waals surface area contributed by atoms with E-state index in [-0.39, 0.29) is 0 Å². The van der Waals surface area contributed by atoms with E-state index in [4.69, 9.17) is 4.74 Å². The normalized spacial score (nSPS) is 11.2. The summed E-state index contributed by atoms with van der Waals surface area (Å²) in [5.41, 5.74) is -0.148. The Labute approximate surface area is 96.5 Å². The van der Waals surface area contributed by atoms with Gasteiger partial charge in [0.2, 0.25) is 0 Å². The lowest BCUT2D eigenvalue weighted by molar-refractivity contribution is 0.201. The van der Waals surface area contributed by atoms with Crippen molar-refractivity contribution in [2.75, 3.05) is 13.7 Å². The molecule has 2 heterocycles. The third-order valence-corrected chi connectivity index (χ3v) is 2.54. The Hall–Kier alpha value is -1.89. The molecule has 7 nitrogen and oxygen atoms in total. The van der Waals surface area contributed by atoms with E-state index in [9.17, 15) is 9.59 Å². The van der Waals surface area contributed by atoms with Gasteiger partial charge in [-0.05, 0) is 6.92 Å². The molecule has 0 saturated carbocycles. The van der Waals surface area contributed by atoms with Gasteiger partial charge in [-0.25, -0.2) is 9.78 Å². The third-order valence-electron chi connectivity index (χ3n) is 2.54. The fraction of sp³-hybridized carbons (Fsp3) is 0.500. The van der Waals surface area contributed by atoms with Crippen molar-refractivity contribution in [3.8, 4) is 0 Å². The first kappa shape index (κ1) is 11.6. The molecule has 0 aromatic carbocycles. The summed E-state index contributed by atoms with van der Waals surface area (Å²) in [6.45, 7) is 2.79. The Morgan fingerprint density at radius 3 is 2.76 bits per heavy atom. The number of hydrogen-bond donors (Lipinski definition) is 2. The molecule has 0 unspecified atom stereocenters. The van der Waals surface area contributed by atoms with Crippen LogP contribution in [0.25, 0.3) is 11.2 Å². The number of imidazole rings is 1. The molecule has 0 aliphatic heterocycles. The van der Waals surface area contributed by atoms with Crippen LogP contribution in [0.1, 0.15) is 12.7 Å². The number of aromatic nitrogens is 4. The van der Waals surface area contributed by atoms with Crippen LogP contribution in [-0.2, 0) is 17.7 Å². The van der Waals surface area contributed by atoms with Gasteiger partial charge in [0.15, 0.2) is 5.65 Å². The highest BCUT2D eigenvalue weighted by Crippen LogP contribution is 2.05. The summed E-state index contributed by atoms with van der Waals surface area (Å²) in [5.74, 6) is 0.639. The maximum absolute atomic E-state index is 11.6. The lowest BCUT2D eigenvalue weighted by atomic mass is 10.4. The molecule has 0 saturated heterocycles. The molecule has 2 aromatic heterocycles. The van der Waals surface area contributed by atoms with Crippen LogP contribution in [0.15, 0.2) is 9.59 Å². The topological polar surface area (TPSA) is 92.8 Å². The number of nitrogens with zero attached hydrogens (tertiary/aromatic N) is 2. The Balaban J connectivity index is 2.62. The first-order valence-electron chi connectivity index (χ1n) is 5.38. The lowest BCUT2D eigenvalue weighted by Gasteiger charge is -1.99. The minimum atomic E-state index is -0.439. The monoisotopic (exact) mass is 238 g/mol. The summed E-state index contributed by atoms with van der Waals surface area (Å²) < 4.78 is 6.36. The van der Waals surface area contributed by atoms with E-state index in [1.807, 2.05) is 6.92 Å². The molecule has 0 aliphatic rings. The molecule has 0 aliphatic carbocycles. The van der Waals surface area contributed by atoms with Crippen LogP contribution in [0, 0.1) is 0 Å². The van der Waals surface area contributed by atoms with Gasteiger partial charge in [0.1, 0.15) is 11.3 Å². The molecule has 7 heteroatoms. The van der Waals surface area contributed by atoms with Gasteiger partial charge in [0, 0.05) is 20.1 Å².